The topological polar surface area (TPSA) is 56.4 Å². The highest BCUT2D eigenvalue weighted by atomic mass is 16.3. The molecule has 6 heteroatoms. The van der Waals surface area contributed by atoms with Gasteiger partial charge in [-0.2, -0.15) is 0 Å². The van der Waals surface area contributed by atoms with Crippen LogP contribution in [0.4, 0.5) is 11.4 Å². The van der Waals surface area contributed by atoms with Gasteiger partial charge in [-0.25, -0.2) is 0 Å². The Bertz CT molecular complexity index is 4090. The Morgan fingerprint density at radius 3 is 1.82 bits per heavy atom. The van der Waals surface area contributed by atoms with Gasteiger partial charge in [-0.3, -0.25) is 0 Å². The van der Waals surface area contributed by atoms with Crippen LogP contribution >= 0.6 is 0 Å². The van der Waals surface area contributed by atoms with Crippen LogP contribution in [-0.2, 0) is 16.2 Å². The summed E-state index contributed by atoms with van der Waals surface area (Å²) in [6, 6.07) is 48.5. The molecule has 1 radical (unpaired) electrons. The molecule has 4 aromatic heterocycles. The van der Waals surface area contributed by atoms with Crippen molar-refractivity contribution in [1.29, 1.82) is 0 Å². The molecule has 1 aliphatic heterocycles. The van der Waals surface area contributed by atoms with Crippen molar-refractivity contribution in [1.82, 2.24) is 4.57 Å². The number of fused-ring (bicyclic) bond motifs is 16. The van der Waals surface area contributed by atoms with Gasteiger partial charge >= 0.3 is 0 Å². The Morgan fingerprint density at radius 2 is 1.15 bits per heavy atom. The highest BCUT2D eigenvalue weighted by Gasteiger charge is 2.40. The molecule has 66 heavy (non-hydrogen) atoms. The average molecular weight is 856 g/mol. The van der Waals surface area contributed by atoms with Crippen molar-refractivity contribution in [3.8, 4) is 16.8 Å². The van der Waals surface area contributed by atoms with E-state index in [-0.39, 0.29) is 16.2 Å². The molecular weight excluding hydrogens is 807 g/mol. The van der Waals surface area contributed by atoms with Gasteiger partial charge < -0.3 is 23.1 Å². The van der Waals surface area contributed by atoms with Gasteiger partial charge in [0.05, 0.1) is 11.2 Å². The smallest absolute Gasteiger partial charge is 0.198 e. The predicted octanol–water partition coefficient (Wildman–Crippen LogP) is 15.5. The third kappa shape index (κ3) is 5.18. The van der Waals surface area contributed by atoms with E-state index in [2.05, 4.69) is 193 Å². The first kappa shape index (κ1) is 38.1. The van der Waals surface area contributed by atoms with E-state index >= 15 is 0 Å². The van der Waals surface area contributed by atoms with Gasteiger partial charge in [0.15, 0.2) is 7.28 Å². The predicted molar refractivity (Wildman–Crippen MR) is 277 cm³/mol. The molecule has 0 amide bonds. The molecule has 0 saturated carbocycles. The number of nitrogens with zero attached hydrogens (tertiary/aromatic N) is 1. The molecule has 0 bridgehead atoms. The largest absolute Gasteiger partial charge is 0.456 e. The minimum absolute atomic E-state index is 0.0181. The van der Waals surface area contributed by atoms with Gasteiger partial charge in [0.25, 0.3) is 0 Å². The Balaban J connectivity index is 1.17. The fraction of sp³-hybridized carbons (Fsp3) is 0.200. The normalized spacial score (nSPS) is 15.4. The number of furan rings is 3. The van der Waals surface area contributed by atoms with E-state index in [1.165, 1.54) is 38.5 Å². The van der Waals surface area contributed by atoms with Crippen LogP contribution in [0, 0.1) is 0 Å². The first-order valence-electron chi connectivity index (χ1n) is 23.4. The minimum atomic E-state index is 0.0181. The molecule has 2 aliphatic rings. The lowest BCUT2D eigenvalue weighted by Crippen LogP contribution is -2.37. The maximum absolute atomic E-state index is 7.30. The van der Waals surface area contributed by atoms with Crippen molar-refractivity contribution in [2.24, 2.45) is 0 Å². The van der Waals surface area contributed by atoms with E-state index in [0.29, 0.717) is 0 Å². The quantitative estimate of drug-likeness (QED) is 0.180. The number of aromatic nitrogens is 1. The van der Waals surface area contributed by atoms with Crippen LogP contribution in [-0.4, -0.2) is 11.8 Å². The van der Waals surface area contributed by atoms with Gasteiger partial charge in [-0.05, 0) is 112 Å². The second-order valence-electron chi connectivity index (χ2n) is 21.4. The summed E-state index contributed by atoms with van der Waals surface area (Å²) in [5, 5.41) is 13.0. The SMILES string of the molecule is CC(C)(C)c1ccc(Nc2cc3oc4ccccc4c3cc2-c2c3c4c(c5cc6c(cc5n4-c4cc5c(cc4[B]3)oc3ccccc35)C(C)(C)CCC6(C)C)c3c2oc2ccccc23)cc1. The maximum Gasteiger partial charge on any atom is 0.198 e. The lowest BCUT2D eigenvalue weighted by Gasteiger charge is -2.42. The van der Waals surface area contributed by atoms with Gasteiger partial charge in [-0.1, -0.05) is 121 Å². The molecule has 12 aromatic rings. The molecule has 1 N–H and O–H groups in total. The first-order chi connectivity index (χ1) is 31.8. The molecule has 1 aliphatic carbocycles. The number of rotatable bonds is 3. The van der Waals surface area contributed by atoms with E-state index < -0.39 is 0 Å². The van der Waals surface area contributed by atoms with Crippen LogP contribution in [0.1, 0.15) is 78.0 Å². The van der Waals surface area contributed by atoms with Crippen LogP contribution in [0.25, 0.3) is 104 Å². The summed E-state index contributed by atoms with van der Waals surface area (Å²) in [6.45, 7) is 16.5. The van der Waals surface area contributed by atoms with E-state index in [9.17, 15) is 0 Å². The zero-order valence-electron chi connectivity index (χ0n) is 38.4. The molecule has 5 nitrogen and oxygen atoms in total. The van der Waals surface area contributed by atoms with Crippen LogP contribution < -0.4 is 16.2 Å². The molecule has 0 atom stereocenters. The summed E-state index contributed by atoms with van der Waals surface area (Å²) < 4.78 is 23.1. The molecule has 0 spiro atoms. The van der Waals surface area contributed by atoms with Crippen molar-refractivity contribution >= 4 is 117 Å². The lowest BCUT2D eigenvalue weighted by molar-refractivity contribution is 0.332. The van der Waals surface area contributed by atoms with E-state index in [1.54, 1.807) is 0 Å². The van der Waals surface area contributed by atoms with Gasteiger partial charge in [0, 0.05) is 77.2 Å². The molecule has 0 unspecified atom stereocenters. The monoisotopic (exact) mass is 855 g/mol. The molecular formula is C60H48BN2O3. The Morgan fingerprint density at radius 1 is 0.561 bits per heavy atom. The number of anilines is 2. The van der Waals surface area contributed by atoms with E-state index in [0.717, 1.165) is 118 Å². The second-order valence-corrected chi connectivity index (χ2v) is 21.4. The third-order valence-electron chi connectivity index (χ3n) is 15.4. The minimum Gasteiger partial charge on any atom is -0.456 e. The zero-order chi connectivity index (χ0) is 44.6. The first-order valence-corrected chi connectivity index (χ1v) is 23.4. The van der Waals surface area contributed by atoms with Crippen LogP contribution in [0.5, 0.6) is 0 Å². The summed E-state index contributed by atoms with van der Waals surface area (Å²) in [5.41, 5.74) is 19.2. The van der Waals surface area contributed by atoms with Crippen LogP contribution in [0.3, 0.4) is 0 Å². The van der Waals surface area contributed by atoms with Gasteiger partial charge in [-0.15, -0.1) is 0 Å². The van der Waals surface area contributed by atoms with Gasteiger partial charge in [0.1, 0.15) is 33.5 Å². The number of para-hydroxylation sites is 3. The van der Waals surface area contributed by atoms with Crippen molar-refractivity contribution in [3.63, 3.8) is 0 Å². The van der Waals surface area contributed by atoms with Gasteiger partial charge in [0.2, 0.25) is 0 Å². The molecule has 0 fully saturated rings. The van der Waals surface area contributed by atoms with Crippen molar-refractivity contribution in [2.75, 3.05) is 5.32 Å². The molecule has 5 heterocycles. The van der Waals surface area contributed by atoms with Crippen LogP contribution in [0.2, 0.25) is 0 Å². The number of hydrogen-bond donors (Lipinski definition) is 1. The highest BCUT2D eigenvalue weighted by molar-refractivity contribution is 6.74. The molecule has 319 valence electrons. The zero-order valence-corrected chi connectivity index (χ0v) is 38.4. The molecule has 0 saturated heterocycles. The molecule has 8 aromatic carbocycles. The highest BCUT2D eigenvalue weighted by Crippen LogP contribution is 2.52. The van der Waals surface area contributed by atoms with Crippen molar-refractivity contribution in [2.45, 2.75) is 77.6 Å². The summed E-state index contributed by atoms with van der Waals surface area (Å²) in [5.74, 6) is 0. The Kier molecular flexibility index (Phi) is 7.39. The van der Waals surface area contributed by atoms with Crippen LogP contribution in [0.15, 0.2) is 147 Å². The molecule has 14 rings (SSSR count). The summed E-state index contributed by atoms with van der Waals surface area (Å²) >= 11 is 0. The Labute approximate surface area is 383 Å². The van der Waals surface area contributed by atoms with E-state index in [1.807, 2.05) is 6.07 Å². The van der Waals surface area contributed by atoms with Crippen molar-refractivity contribution < 1.29 is 13.3 Å². The fourth-order valence-electron chi connectivity index (χ4n) is 11.8. The summed E-state index contributed by atoms with van der Waals surface area (Å²) in [4.78, 5) is 0. The summed E-state index contributed by atoms with van der Waals surface area (Å²) in [7, 11) is 2.40. The lowest BCUT2D eigenvalue weighted by atomic mass is 9.58. The third-order valence-corrected chi connectivity index (χ3v) is 15.4. The Hall–Kier alpha value is -7.18. The standard InChI is InChI=1S/C60H48BN2O3/c1-58(2,3)32-20-22-33(23-21-32)62-44-31-51-37(34-14-8-11-17-47(34)65-51)26-39(44)54-55-56-52(53-36-16-10-13-19-49(36)66-57(53)54)40-27-41-42(60(6,7)25-24-59(41,4)5)29-45(40)63(56)46-28-38-35-15-9-12-18-48(35)64-50(38)30-43(46)61-55/h8-23,26-31,62H,24-25H2,1-7H3. The van der Waals surface area contributed by atoms with Crippen molar-refractivity contribution in [3.05, 3.63) is 150 Å². The summed E-state index contributed by atoms with van der Waals surface area (Å²) in [6.07, 6.45) is 2.27. The second kappa shape index (κ2) is 12.8. The van der Waals surface area contributed by atoms with E-state index in [4.69, 9.17) is 13.3 Å². The average Bonchev–Trinajstić information content (AvgIpc) is 4.06. The number of hydrogen-bond acceptors (Lipinski definition) is 4. The fourth-order valence-corrected chi connectivity index (χ4v) is 11.8. The maximum atomic E-state index is 7.30. The number of nitrogens with one attached hydrogen (secondary N) is 1. The number of benzene rings is 8.